The van der Waals surface area contributed by atoms with Crippen molar-refractivity contribution in [3.63, 3.8) is 0 Å². The highest BCUT2D eigenvalue weighted by Gasteiger charge is 2.28. The first-order valence-corrected chi connectivity index (χ1v) is 7.38. The van der Waals surface area contributed by atoms with Crippen molar-refractivity contribution in [1.82, 2.24) is 14.9 Å². The summed E-state index contributed by atoms with van der Waals surface area (Å²) < 4.78 is 10.8. The molecule has 1 atom stereocenters. The van der Waals surface area contributed by atoms with E-state index < -0.39 is 0 Å². The standard InChI is InChI=1S/C16H18N4O3/c1-22-14-9-17-10-15(19-14)23-13-7-8-20(11-13)16(21)18-12-5-3-2-4-6-12/h2-6,9-10,13H,7-8,11H2,1H3,(H,18,21). The summed E-state index contributed by atoms with van der Waals surface area (Å²) in [7, 11) is 1.53. The second kappa shape index (κ2) is 6.95. The van der Waals surface area contributed by atoms with E-state index in [-0.39, 0.29) is 12.1 Å². The van der Waals surface area contributed by atoms with Crippen LogP contribution in [0.3, 0.4) is 0 Å². The molecule has 2 aromatic rings. The Hall–Kier alpha value is -2.83. The molecule has 0 bridgehead atoms. The van der Waals surface area contributed by atoms with Crippen LogP contribution in [0.1, 0.15) is 6.42 Å². The quantitative estimate of drug-likeness (QED) is 0.936. The van der Waals surface area contributed by atoms with Crippen molar-refractivity contribution in [2.75, 3.05) is 25.5 Å². The third-order valence-electron chi connectivity index (χ3n) is 3.54. The normalized spacial score (nSPS) is 16.9. The lowest BCUT2D eigenvalue weighted by Gasteiger charge is -2.17. The lowest BCUT2D eigenvalue weighted by Crippen LogP contribution is -2.34. The summed E-state index contributed by atoms with van der Waals surface area (Å²) in [4.78, 5) is 22.1. The van der Waals surface area contributed by atoms with Crippen LogP contribution in [0.15, 0.2) is 42.7 Å². The molecule has 3 rings (SSSR count). The third kappa shape index (κ3) is 3.88. The predicted octanol–water partition coefficient (Wildman–Crippen LogP) is 2.17. The number of carbonyl (C=O) groups is 1. The number of nitrogens with zero attached hydrogens (tertiary/aromatic N) is 3. The van der Waals surface area contributed by atoms with Crippen LogP contribution in [0.5, 0.6) is 11.8 Å². The number of ether oxygens (including phenoxy) is 2. The van der Waals surface area contributed by atoms with E-state index in [0.29, 0.717) is 24.8 Å². The lowest BCUT2D eigenvalue weighted by atomic mass is 10.3. The molecule has 1 unspecified atom stereocenters. The summed E-state index contributed by atoms with van der Waals surface area (Å²) in [6.07, 6.45) is 3.70. The number of methoxy groups -OCH3 is 1. The van der Waals surface area contributed by atoms with Crippen molar-refractivity contribution >= 4 is 11.7 Å². The van der Waals surface area contributed by atoms with Gasteiger partial charge >= 0.3 is 6.03 Å². The Labute approximate surface area is 134 Å². The Morgan fingerprint density at radius 3 is 2.83 bits per heavy atom. The number of carbonyl (C=O) groups excluding carboxylic acids is 1. The number of nitrogens with one attached hydrogen (secondary N) is 1. The van der Waals surface area contributed by atoms with Crippen molar-refractivity contribution in [2.24, 2.45) is 0 Å². The lowest BCUT2D eigenvalue weighted by molar-refractivity contribution is 0.188. The molecule has 120 valence electrons. The van der Waals surface area contributed by atoms with Gasteiger partial charge in [-0.3, -0.25) is 4.98 Å². The van der Waals surface area contributed by atoms with Gasteiger partial charge in [-0.1, -0.05) is 18.2 Å². The molecule has 0 spiro atoms. The van der Waals surface area contributed by atoms with Gasteiger partial charge < -0.3 is 19.7 Å². The van der Waals surface area contributed by atoms with Crippen molar-refractivity contribution in [3.05, 3.63) is 42.7 Å². The van der Waals surface area contributed by atoms with Gasteiger partial charge in [-0.15, -0.1) is 0 Å². The second-order valence-electron chi connectivity index (χ2n) is 5.17. The number of hydrogen-bond donors (Lipinski definition) is 1. The number of likely N-dealkylation sites (tertiary alicyclic amines) is 1. The summed E-state index contributed by atoms with van der Waals surface area (Å²) in [6, 6.07) is 9.26. The maximum absolute atomic E-state index is 12.2. The summed E-state index contributed by atoms with van der Waals surface area (Å²) in [5.74, 6) is 0.804. The molecular weight excluding hydrogens is 296 g/mol. The molecule has 0 aliphatic carbocycles. The van der Waals surface area contributed by atoms with E-state index in [1.165, 1.54) is 19.5 Å². The van der Waals surface area contributed by atoms with Crippen molar-refractivity contribution < 1.29 is 14.3 Å². The Morgan fingerprint density at radius 1 is 1.26 bits per heavy atom. The van der Waals surface area contributed by atoms with Crippen LogP contribution in [0.4, 0.5) is 10.5 Å². The van der Waals surface area contributed by atoms with Crippen molar-refractivity contribution in [2.45, 2.75) is 12.5 Å². The van der Waals surface area contributed by atoms with Gasteiger partial charge in [0.25, 0.3) is 0 Å². The number of benzene rings is 1. The molecule has 1 fully saturated rings. The fourth-order valence-electron chi connectivity index (χ4n) is 2.39. The molecule has 1 saturated heterocycles. The third-order valence-corrected chi connectivity index (χ3v) is 3.54. The number of rotatable bonds is 4. The maximum atomic E-state index is 12.2. The Morgan fingerprint density at radius 2 is 2.04 bits per heavy atom. The van der Waals surface area contributed by atoms with E-state index in [0.717, 1.165) is 12.1 Å². The molecule has 1 aliphatic heterocycles. The van der Waals surface area contributed by atoms with Gasteiger partial charge in [0.05, 0.1) is 26.0 Å². The van der Waals surface area contributed by atoms with Crippen molar-refractivity contribution in [1.29, 1.82) is 0 Å². The molecule has 1 aromatic heterocycles. The first-order chi connectivity index (χ1) is 11.2. The van der Waals surface area contributed by atoms with Crippen LogP contribution in [0, 0.1) is 0 Å². The topological polar surface area (TPSA) is 76.6 Å². The van der Waals surface area contributed by atoms with Crippen LogP contribution in [0.2, 0.25) is 0 Å². The second-order valence-corrected chi connectivity index (χ2v) is 5.17. The number of amides is 2. The molecule has 7 nitrogen and oxygen atoms in total. The first kappa shape index (κ1) is 15.1. The molecule has 2 amide bonds. The summed E-state index contributed by atoms with van der Waals surface area (Å²) in [6.45, 7) is 1.15. The van der Waals surface area contributed by atoms with Gasteiger partial charge in [-0.2, -0.15) is 4.98 Å². The Kier molecular flexibility index (Phi) is 4.56. The van der Waals surface area contributed by atoms with Gasteiger partial charge in [0, 0.05) is 18.7 Å². The maximum Gasteiger partial charge on any atom is 0.321 e. The van der Waals surface area contributed by atoms with E-state index >= 15 is 0 Å². The number of aromatic nitrogens is 2. The summed E-state index contributed by atoms with van der Waals surface area (Å²) in [5, 5.41) is 2.87. The zero-order valence-electron chi connectivity index (χ0n) is 12.8. The SMILES string of the molecule is COc1cncc(OC2CCN(C(=O)Nc3ccccc3)C2)n1. The van der Waals surface area contributed by atoms with Crippen LogP contribution < -0.4 is 14.8 Å². The van der Waals surface area contributed by atoms with Crippen molar-refractivity contribution in [3.8, 4) is 11.8 Å². The molecule has 0 radical (unpaired) electrons. The van der Waals surface area contributed by atoms with Crippen LogP contribution in [-0.4, -0.2) is 47.2 Å². The molecule has 1 aliphatic rings. The fraction of sp³-hybridized carbons (Fsp3) is 0.312. The minimum absolute atomic E-state index is 0.0991. The highest BCUT2D eigenvalue weighted by Crippen LogP contribution is 2.18. The molecular formula is C16H18N4O3. The molecule has 0 saturated carbocycles. The average molecular weight is 314 g/mol. The summed E-state index contributed by atoms with van der Waals surface area (Å²) >= 11 is 0. The van der Waals surface area contributed by atoms with Crippen LogP contribution >= 0.6 is 0 Å². The fourth-order valence-corrected chi connectivity index (χ4v) is 2.39. The number of anilines is 1. The van der Waals surface area contributed by atoms with E-state index in [9.17, 15) is 4.79 Å². The first-order valence-electron chi connectivity index (χ1n) is 7.38. The van der Waals surface area contributed by atoms with E-state index in [1.807, 2.05) is 30.3 Å². The highest BCUT2D eigenvalue weighted by molar-refractivity contribution is 5.89. The van der Waals surface area contributed by atoms with E-state index in [2.05, 4.69) is 15.3 Å². The zero-order valence-corrected chi connectivity index (χ0v) is 12.8. The number of para-hydroxylation sites is 1. The van der Waals surface area contributed by atoms with Gasteiger partial charge in [-0.25, -0.2) is 4.79 Å². The van der Waals surface area contributed by atoms with E-state index in [1.54, 1.807) is 4.90 Å². The smallest absolute Gasteiger partial charge is 0.321 e. The largest absolute Gasteiger partial charge is 0.480 e. The number of hydrogen-bond acceptors (Lipinski definition) is 5. The molecule has 1 aromatic carbocycles. The van der Waals surface area contributed by atoms with E-state index in [4.69, 9.17) is 9.47 Å². The Balaban J connectivity index is 1.54. The number of urea groups is 1. The average Bonchev–Trinajstić information content (AvgIpc) is 3.04. The van der Waals surface area contributed by atoms with Gasteiger partial charge in [0.15, 0.2) is 0 Å². The molecule has 1 N–H and O–H groups in total. The zero-order chi connectivity index (χ0) is 16.1. The summed E-state index contributed by atoms with van der Waals surface area (Å²) in [5.41, 5.74) is 0.778. The van der Waals surface area contributed by atoms with Gasteiger partial charge in [0.2, 0.25) is 11.8 Å². The van der Waals surface area contributed by atoms with Crippen LogP contribution in [0.25, 0.3) is 0 Å². The molecule has 2 heterocycles. The molecule has 23 heavy (non-hydrogen) atoms. The van der Waals surface area contributed by atoms with Gasteiger partial charge in [-0.05, 0) is 12.1 Å². The van der Waals surface area contributed by atoms with Crippen LogP contribution in [-0.2, 0) is 0 Å². The minimum atomic E-state index is -0.126. The Bertz CT molecular complexity index is 665. The predicted molar refractivity (Wildman–Crippen MR) is 84.7 cm³/mol. The van der Waals surface area contributed by atoms with Gasteiger partial charge in [0.1, 0.15) is 6.10 Å². The minimum Gasteiger partial charge on any atom is -0.480 e. The highest BCUT2D eigenvalue weighted by atomic mass is 16.5. The molecule has 7 heteroatoms. The monoisotopic (exact) mass is 314 g/mol.